The van der Waals surface area contributed by atoms with Crippen LogP contribution in [0.5, 0.6) is 17.2 Å². The van der Waals surface area contributed by atoms with Gasteiger partial charge in [-0.2, -0.15) is 0 Å². The molecule has 0 fully saturated rings. The van der Waals surface area contributed by atoms with Crippen LogP contribution in [-0.4, -0.2) is 25.1 Å². The van der Waals surface area contributed by atoms with Gasteiger partial charge in [0.15, 0.2) is 11.5 Å². The van der Waals surface area contributed by atoms with E-state index in [1.54, 1.807) is 13.8 Å². The maximum absolute atomic E-state index is 9.29. The molecule has 1 aromatic rings. The highest BCUT2D eigenvalue weighted by atomic mass is 17.1. The van der Waals surface area contributed by atoms with Crippen molar-refractivity contribution in [1.82, 2.24) is 0 Å². The van der Waals surface area contributed by atoms with Gasteiger partial charge in [-0.05, 0) is 50.8 Å². The summed E-state index contributed by atoms with van der Waals surface area (Å²) in [6, 6.07) is 3.75. The molecule has 0 amide bonds. The van der Waals surface area contributed by atoms with Crippen molar-refractivity contribution in [2.24, 2.45) is 0 Å². The maximum atomic E-state index is 9.29. The Balaban J connectivity index is 3.22. The predicted molar refractivity (Wildman–Crippen MR) is 104 cm³/mol. The molecule has 0 saturated carbocycles. The van der Waals surface area contributed by atoms with Crippen molar-refractivity contribution < 1.29 is 24.4 Å². The molecule has 0 aliphatic rings. The largest absolute Gasteiger partial charge is 0.490 e. The Labute approximate surface area is 158 Å². The molecule has 0 aliphatic carbocycles. The van der Waals surface area contributed by atoms with Crippen molar-refractivity contribution in [2.75, 3.05) is 19.8 Å². The highest BCUT2D eigenvalue weighted by Gasteiger charge is 2.26. The first-order chi connectivity index (χ1) is 12.5. The average Bonchev–Trinajstić information content (AvgIpc) is 2.63. The van der Waals surface area contributed by atoms with Gasteiger partial charge in [0.25, 0.3) is 0 Å². The molecule has 1 rings (SSSR count). The molecule has 1 aromatic carbocycles. The monoisotopic (exact) mass is 368 g/mol. The van der Waals surface area contributed by atoms with Gasteiger partial charge in [0, 0.05) is 0 Å². The van der Waals surface area contributed by atoms with Crippen LogP contribution in [0.15, 0.2) is 12.1 Å². The zero-order valence-electron chi connectivity index (χ0n) is 17.1. The Bertz CT molecular complexity index is 482. The van der Waals surface area contributed by atoms with Crippen molar-refractivity contribution in [3.05, 3.63) is 17.7 Å². The third-order valence-electron chi connectivity index (χ3n) is 4.20. The minimum Gasteiger partial charge on any atom is -0.490 e. The van der Waals surface area contributed by atoms with Crippen LogP contribution in [0.1, 0.15) is 78.7 Å². The van der Waals surface area contributed by atoms with Gasteiger partial charge in [-0.3, -0.25) is 5.26 Å². The third-order valence-corrected chi connectivity index (χ3v) is 4.20. The van der Waals surface area contributed by atoms with Crippen molar-refractivity contribution in [3.8, 4) is 17.2 Å². The van der Waals surface area contributed by atoms with Crippen LogP contribution in [0.25, 0.3) is 0 Å². The lowest BCUT2D eigenvalue weighted by molar-refractivity contribution is -0.318. The second-order valence-corrected chi connectivity index (χ2v) is 7.01. The van der Waals surface area contributed by atoms with Crippen LogP contribution in [0.4, 0.5) is 0 Å². The van der Waals surface area contributed by atoms with E-state index >= 15 is 0 Å². The van der Waals surface area contributed by atoms with Crippen LogP contribution < -0.4 is 14.2 Å². The molecule has 0 spiro atoms. The third kappa shape index (κ3) is 7.04. The number of hydrogen-bond acceptors (Lipinski definition) is 5. The summed E-state index contributed by atoms with van der Waals surface area (Å²) in [6.45, 7) is 11.8. The quantitative estimate of drug-likeness (QED) is 0.250. The molecule has 5 heteroatoms. The molecule has 0 aromatic heterocycles. The van der Waals surface area contributed by atoms with E-state index in [4.69, 9.17) is 14.2 Å². The molecule has 0 atom stereocenters. The topological polar surface area (TPSA) is 57.2 Å². The zero-order valence-corrected chi connectivity index (χ0v) is 17.1. The Morgan fingerprint density at radius 1 is 0.769 bits per heavy atom. The summed E-state index contributed by atoms with van der Waals surface area (Å²) in [4.78, 5) is 4.67. The molecule has 0 aliphatic heterocycles. The summed E-state index contributed by atoms with van der Waals surface area (Å²) in [6.07, 6.45) is 6.06. The summed E-state index contributed by atoms with van der Waals surface area (Å²) in [5, 5.41) is 9.29. The van der Waals surface area contributed by atoms with Crippen LogP contribution in [0, 0.1) is 0 Å². The fraction of sp³-hybridized carbons (Fsp3) is 0.714. The normalized spacial score (nSPS) is 11.5. The molecule has 1 N–H and O–H groups in total. The zero-order chi connectivity index (χ0) is 19.4. The van der Waals surface area contributed by atoms with Crippen LogP contribution in [0.3, 0.4) is 0 Å². The van der Waals surface area contributed by atoms with E-state index < -0.39 is 5.60 Å². The summed E-state index contributed by atoms with van der Waals surface area (Å²) < 4.78 is 18.0. The standard InChI is InChI=1S/C21H36O5/c1-6-9-12-23-18-15-17(21(4,5)26-22)16-19(24-13-10-7-2)20(18)25-14-11-8-3/h15-16,22H,6-14H2,1-5H3. The molecule has 0 radical (unpaired) electrons. The Kier molecular flexibility index (Phi) is 10.4. The van der Waals surface area contributed by atoms with E-state index in [2.05, 4.69) is 25.7 Å². The van der Waals surface area contributed by atoms with Gasteiger partial charge in [0.05, 0.1) is 19.8 Å². The van der Waals surface area contributed by atoms with E-state index in [-0.39, 0.29) is 0 Å². The number of ether oxygens (including phenoxy) is 3. The minimum absolute atomic E-state index is 0.610. The van der Waals surface area contributed by atoms with E-state index in [9.17, 15) is 5.26 Å². The van der Waals surface area contributed by atoms with E-state index in [1.807, 2.05) is 12.1 Å². The summed E-state index contributed by atoms with van der Waals surface area (Å²) >= 11 is 0. The highest BCUT2D eigenvalue weighted by Crippen LogP contribution is 2.42. The number of unbranched alkanes of at least 4 members (excludes halogenated alkanes) is 3. The van der Waals surface area contributed by atoms with Crippen molar-refractivity contribution in [1.29, 1.82) is 0 Å². The summed E-state index contributed by atoms with van der Waals surface area (Å²) in [5.41, 5.74) is -0.0888. The van der Waals surface area contributed by atoms with Crippen LogP contribution in [0.2, 0.25) is 0 Å². The van der Waals surface area contributed by atoms with Gasteiger partial charge in [-0.1, -0.05) is 40.0 Å². The SMILES string of the molecule is CCCCOc1cc(C(C)(C)OO)cc(OCCCC)c1OCCCC. The van der Waals surface area contributed by atoms with Gasteiger partial charge in [0.1, 0.15) is 5.60 Å². The molecule has 0 saturated heterocycles. The van der Waals surface area contributed by atoms with Gasteiger partial charge in [0.2, 0.25) is 5.75 Å². The van der Waals surface area contributed by atoms with Gasteiger partial charge >= 0.3 is 0 Å². The van der Waals surface area contributed by atoms with Crippen molar-refractivity contribution in [3.63, 3.8) is 0 Å². The summed E-state index contributed by atoms with van der Waals surface area (Å²) in [5.74, 6) is 1.93. The lowest BCUT2D eigenvalue weighted by Crippen LogP contribution is -2.20. The van der Waals surface area contributed by atoms with Crippen LogP contribution >= 0.6 is 0 Å². The predicted octanol–water partition coefficient (Wildman–Crippen LogP) is 5.95. The fourth-order valence-corrected chi connectivity index (χ4v) is 2.31. The Hall–Kier alpha value is -1.46. The first-order valence-electron chi connectivity index (χ1n) is 9.89. The molecular weight excluding hydrogens is 332 g/mol. The minimum atomic E-state index is -0.867. The van der Waals surface area contributed by atoms with Gasteiger partial charge in [-0.25, -0.2) is 4.89 Å². The summed E-state index contributed by atoms with van der Waals surface area (Å²) in [7, 11) is 0. The van der Waals surface area contributed by atoms with E-state index in [0.717, 1.165) is 44.1 Å². The molecule has 0 unspecified atom stereocenters. The van der Waals surface area contributed by atoms with E-state index in [1.165, 1.54) is 0 Å². The average molecular weight is 369 g/mol. The first-order valence-corrected chi connectivity index (χ1v) is 9.89. The van der Waals surface area contributed by atoms with Gasteiger partial charge < -0.3 is 14.2 Å². The molecule has 150 valence electrons. The fourth-order valence-electron chi connectivity index (χ4n) is 2.31. The molecule has 0 bridgehead atoms. The maximum Gasteiger partial charge on any atom is 0.203 e. The first kappa shape index (κ1) is 22.6. The van der Waals surface area contributed by atoms with E-state index in [0.29, 0.717) is 37.1 Å². The number of benzene rings is 1. The van der Waals surface area contributed by atoms with Crippen molar-refractivity contribution in [2.45, 2.75) is 78.7 Å². The second kappa shape index (κ2) is 12.0. The lowest BCUT2D eigenvalue weighted by Gasteiger charge is -2.25. The molecule has 26 heavy (non-hydrogen) atoms. The molecular formula is C21H36O5. The Morgan fingerprint density at radius 3 is 1.58 bits per heavy atom. The molecule has 0 heterocycles. The second-order valence-electron chi connectivity index (χ2n) is 7.01. The number of rotatable bonds is 14. The van der Waals surface area contributed by atoms with Crippen LogP contribution in [-0.2, 0) is 10.5 Å². The lowest BCUT2D eigenvalue weighted by atomic mass is 9.97. The van der Waals surface area contributed by atoms with Gasteiger partial charge in [-0.15, -0.1) is 0 Å². The highest BCUT2D eigenvalue weighted by molar-refractivity contribution is 5.55. The molecule has 5 nitrogen and oxygen atoms in total. The Morgan fingerprint density at radius 2 is 1.19 bits per heavy atom. The number of hydrogen-bond donors (Lipinski definition) is 1. The van der Waals surface area contributed by atoms with Crippen molar-refractivity contribution >= 4 is 0 Å². The smallest absolute Gasteiger partial charge is 0.203 e.